The molecule has 0 saturated carbocycles. The third-order valence-corrected chi connectivity index (χ3v) is 3.07. The molecule has 19 heavy (non-hydrogen) atoms. The van der Waals surface area contributed by atoms with Gasteiger partial charge < -0.3 is 10.2 Å². The zero-order valence-electron chi connectivity index (χ0n) is 11.4. The van der Waals surface area contributed by atoms with Crippen molar-refractivity contribution in [3.05, 3.63) is 60.4 Å². The lowest BCUT2D eigenvalue weighted by molar-refractivity contribution is 0.350. The van der Waals surface area contributed by atoms with Gasteiger partial charge in [0.2, 0.25) is 0 Å². The van der Waals surface area contributed by atoms with Crippen LogP contribution >= 0.6 is 0 Å². The molecule has 0 aliphatic carbocycles. The van der Waals surface area contributed by atoms with Crippen molar-refractivity contribution in [1.29, 1.82) is 0 Å². The lowest BCUT2D eigenvalue weighted by atomic mass is 10.2. The van der Waals surface area contributed by atoms with Crippen LogP contribution in [0.5, 0.6) is 0 Å². The minimum Gasteiger partial charge on any atom is -0.384 e. The van der Waals surface area contributed by atoms with Gasteiger partial charge in [0.1, 0.15) is 0 Å². The third-order valence-electron chi connectivity index (χ3n) is 3.07. The fraction of sp³-hybridized carbons (Fsp3) is 0.312. The summed E-state index contributed by atoms with van der Waals surface area (Å²) in [4.78, 5) is 6.66. The first kappa shape index (κ1) is 13.6. The molecule has 0 bridgehead atoms. The zero-order chi connectivity index (χ0) is 13.3. The molecule has 1 heterocycles. The van der Waals surface area contributed by atoms with E-state index < -0.39 is 0 Å². The van der Waals surface area contributed by atoms with Crippen LogP contribution in [0, 0.1) is 0 Å². The lowest BCUT2D eigenvalue weighted by Crippen LogP contribution is -2.27. The minimum absolute atomic E-state index is 0.961. The summed E-state index contributed by atoms with van der Waals surface area (Å²) in [5.74, 6) is 0. The van der Waals surface area contributed by atoms with Crippen LogP contribution in [0.2, 0.25) is 0 Å². The first-order chi connectivity index (χ1) is 9.34. The van der Waals surface area contributed by atoms with Crippen molar-refractivity contribution in [2.24, 2.45) is 0 Å². The normalized spacial score (nSPS) is 10.6. The highest BCUT2D eigenvalue weighted by Gasteiger charge is 1.99. The Morgan fingerprint density at radius 2 is 1.79 bits per heavy atom. The van der Waals surface area contributed by atoms with Gasteiger partial charge in [-0.15, -0.1) is 0 Å². The smallest absolute Gasteiger partial charge is 0.0416 e. The van der Waals surface area contributed by atoms with Crippen molar-refractivity contribution >= 4 is 5.69 Å². The molecule has 3 nitrogen and oxygen atoms in total. The van der Waals surface area contributed by atoms with E-state index in [-0.39, 0.29) is 0 Å². The summed E-state index contributed by atoms with van der Waals surface area (Å²) in [6, 6.07) is 16.4. The Morgan fingerprint density at radius 1 is 1.00 bits per heavy atom. The number of hydrogen-bond donors (Lipinski definition) is 1. The van der Waals surface area contributed by atoms with Gasteiger partial charge in [0.15, 0.2) is 0 Å². The summed E-state index contributed by atoms with van der Waals surface area (Å²) in [7, 11) is 2.15. The van der Waals surface area contributed by atoms with Crippen LogP contribution in [0.3, 0.4) is 0 Å². The van der Waals surface area contributed by atoms with Gasteiger partial charge in [-0.05, 0) is 31.3 Å². The van der Waals surface area contributed by atoms with Gasteiger partial charge in [-0.25, -0.2) is 0 Å². The van der Waals surface area contributed by atoms with E-state index in [9.17, 15) is 0 Å². The summed E-state index contributed by atoms with van der Waals surface area (Å²) in [6.07, 6.45) is 2.86. The molecule has 0 saturated heterocycles. The Kier molecular flexibility index (Phi) is 5.38. The van der Waals surface area contributed by atoms with Crippen molar-refractivity contribution in [3.8, 4) is 0 Å². The molecular weight excluding hydrogens is 234 g/mol. The molecular formula is C16H21N3. The number of hydrogen-bond acceptors (Lipinski definition) is 3. The first-order valence-electron chi connectivity index (χ1n) is 6.72. The maximum atomic E-state index is 4.34. The van der Waals surface area contributed by atoms with E-state index in [1.807, 2.05) is 36.5 Å². The van der Waals surface area contributed by atoms with E-state index in [1.165, 1.54) is 5.69 Å². The second kappa shape index (κ2) is 7.54. The minimum atomic E-state index is 0.961. The molecule has 2 aromatic rings. The molecule has 1 aromatic carbocycles. The van der Waals surface area contributed by atoms with Crippen molar-refractivity contribution in [3.63, 3.8) is 0 Å². The summed E-state index contributed by atoms with van der Waals surface area (Å²) < 4.78 is 0. The maximum absolute atomic E-state index is 4.34. The molecule has 0 aliphatic rings. The van der Waals surface area contributed by atoms with Gasteiger partial charge in [-0.3, -0.25) is 4.98 Å². The van der Waals surface area contributed by atoms with E-state index in [4.69, 9.17) is 0 Å². The SMILES string of the molecule is CN(CCNc1ccccc1)CCc1ccccn1. The number of likely N-dealkylation sites (N-methyl/N-ethyl adjacent to an activating group) is 1. The lowest BCUT2D eigenvalue weighted by Gasteiger charge is -2.17. The Labute approximate surface area is 115 Å². The molecule has 0 radical (unpaired) electrons. The third kappa shape index (κ3) is 5.10. The Morgan fingerprint density at radius 3 is 2.53 bits per heavy atom. The second-order valence-corrected chi connectivity index (χ2v) is 4.67. The van der Waals surface area contributed by atoms with E-state index in [0.29, 0.717) is 0 Å². The van der Waals surface area contributed by atoms with Crippen molar-refractivity contribution in [1.82, 2.24) is 9.88 Å². The van der Waals surface area contributed by atoms with Gasteiger partial charge in [0.25, 0.3) is 0 Å². The summed E-state index contributed by atoms with van der Waals surface area (Å²) in [6.45, 7) is 3.03. The van der Waals surface area contributed by atoms with Crippen LogP contribution in [0.4, 0.5) is 5.69 Å². The number of nitrogens with zero attached hydrogens (tertiary/aromatic N) is 2. The predicted octanol–water partition coefficient (Wildman–Crippen LogP) is 2.67. The van der Waals surface area contributed by atoms with Gasteiger partial charge in [0, 0.05) is 43.6 Å². The fourth-order valence-electron chi connectivity index (χ4n) is 1.91. The molecule has 0 fully saturated rings. The number of nitrogens with one attached hydrogen (secondary N) is 1. The molecule has 0 amide bonds. The number of para-hydroxylation sites is 1. The fourth-order valence-corrected chi connectivity index (χ4v) is 1.91. The molecule has 1 aromatic heterocycles. The van der Waals surface area contributed by atoms with Gasteiger partial charge in [0.05, 0.1) is 0 Å². The predicted molar refractivity (Wildman–Crippen MR) is 80.4 cm³/mol. The Balaban J connectivity index is 1.64. The van der Waals surface area contributed by atoms with E-state index in [0.717, 1.165) is 31.7 Å². The molecule has 100 valence electrons. The van der Waals surface area contributed by atoms with Crippen LogP contribution in [0.1, 0.15) is 5.69 Å². The second-order valence-electron chi connectivity index (χ2n) is 4.67. The quantitative estimate of drug-likeness (QED) is 0.824. The molecule has 0 spiro atoms. The van der Waals surface area contributed by atoms with E-state index >= 15 is 0 Å². The van der Waals surface area contributed by atoms with Crippen LogP contribution in [0.15, 0.2) is 54.7 Å². The number of pyridine rings is 1. The van der Waals surface area contributed by atoms with Gasteiger partial charge in [-0.2, -0.15) is 0 Å². The maximum Gasteiger partial charge on any atom is 0.0416 e. The highest BCUT2D eigenvalue weighted by atomic mass is 15.1. The molecule has 1 N–H and O–H groups in total. The average molecular weight is 255 g/mol. The highest BCUT2D eigenvalue weighted by Crippen LogP contribution is 2.04. The van der Waals surface area contributed by atoms with Crippen LogP contribution in [-0.2, 0) is 6.42 Å². The molecule has 0 atom stereocenters. The number of benzene rings is 1. The monoisotopic (exact) mass is 255 g/mol. The van der Waals surface area contributed by atoms with Crippen molar-refractivity contribution < 1.29 is 0 Å². The molecule has 0 unspecified atom stereocenters. The van der Waals surface area contributed by atoms with Gasteiger partial charge in [-0.1, -0.05) is 24.3 Å². The topological polar surface area (TPSA) is 28.2 Å². The standard InChI is InChI=1S/C16H21N3/c1-19(13-10-16-9-5-6-11-17-16)14-12-18-15-7-3-2-4-8-15/h2-9,11,18H,10,12-14H2,1H3. The number of anilines is 1. The largest absolute Gasteiger partial charge is 0.384 e. The highest BCUT2D eigenvalue weighted by molar-refractivity contribution is 5.42. The van der Waals surface area contributed by atoms with E-state index in [1.54, 1.807) is 0 Å². The van der Waals surface area contributed by atoms with Crippen molar-refractivity contribution in [2.75, 3.05) is 32.0 Å². The first-order valence-corrected chi connectivity index (χ1v) is 6.72. The van der Waals surface area contributed by atoms with Crippen molar-refractivity contribution in [2.45, 2.75) is 6.42 Å². The van der Waals surface area contributed by atoms with Crippen LogP contribution in [0.25, 0.3) is 0 Å². The molecule has 0 aliphatic heterocycles. The Bertz CT molecular complexity index is 456. The summed E-state index contributed by atoms with van der Waals surface area (Å²) >= 11 is 0. The Hall–Kier alpha value is -1.87. The van der Waals surface area contributed by atoms with Crippen LogP contribution < -0.4 is 5.32 Å². The summed E-state index contributed by atoms with van der Waals surface area (Å²) in [5, 5.41) is 3.42. The summed E-state index contributed by atoms with van der Waals surface area (Å²) in [5.41, 5.74) is 2.34. The van der Waals surface area contributed by atoms with Crippen LogP contribution in [-0.4, -0.2) is 36.6 Å². The number of rotatable bonds is 7. The molecule has 2 rings (SSSR count). The molecule has 3 heteroatoms. The average Bonchev–Trinajstić information content (AvgIpc) is 2.47. The van der Waals surface area contributed by atoms with Gasteiger partial charge >= 0.3 is 0 Å². The zero-order valence-corrected chi connectivity index (χ0v) is 11.4. The number of aromatic nitrogens is 1. The van der Waals surface area contributed by atoms with E-state index in [2.05, 4.69) is 40.4 Å².